The topological polar surface area (TPSA) is 17.1 Å². The number of hydrogen-bond acceptors (Lipinski definition) is 1. The van der Waals surface area contributed by atoms with Crippen LogP contribution in [0.3, 0.4) is 0 Å². The second-order valence-electron chi connectivity index (χ2n) is 5.84. The molecule has 0 N–H and O–H groups in total. The van der Waals surface area contributed by atoms with E-state index in [9.17, 15) is 4.79 Å². The summed E-state index contributed by atoms with van der Waals surface area (Å²) in [6, 6.07) is 0. The summed E-state index contributed by atoms with van der Waals surface area (Å²) < 4.78 is 0. The molecule has 0 aromatic carbocycles. The molecular weight excluding hydrogens is 172 g/mol. The first-order chi connectivity index (χ1) is 6.44. The van der Waals surface area contributed by atoms with Crippen molar-refractivity contribution >= 4 is 5.78 Å². The summed E-state index contributed by atoms with van der Waals surface area (Å²) >= 11 is 0. The Balaban J connectivity index is 2.40. The first-order valence-electron chi connectivity index (χ1n) is 5.67. The van der Waals surface area contributed by atoms with Crippen molar-refractivity contribution in [2.45, 2.75) is 52.9 Å². The molecular formula is C13H20O. The van der Waals surface area contributed by atoms with E-state index in [1.54, 1.807) is 5.57 Å². The van der Waals surface area contributed by atoms with Crippen molar-refractivity contribution in [1.82, 2.24) is 0 Å². The van der Waals surface area contributed by atoms with Crippen LogP contribution in [0.1, 0.15) is 52.9 Å². The Morgan fingerprint density at radius 1 is 1.21 bits per heavy atom. The molecule has 0 aromatic rings. The highest BCUT2D eigenvalue weighted by Crippen LogP contribution is 2.54. The third kappa shape index (κ3) is 1.43. The molecule has 2 rings (SSSR count). The molecule has 0 spiro atoms. The van der Waals surface area contributed by atoms with Gasteiger partial charge in [0.05, 0.1) is 0 Å². The molecule has 0 heterocycles. The molecule has 0 amide bonds. The van der Waals surface area contributed by atoms with Crippen LogP contribution in [0, 0.1) is 10.8 Å². The minimum absolute atomic E-state index is 0.192. The van der Waals surface area contributed by atoms with Crippen molar-refractivity contribution in [1.29, 1.82) is 0 Å². The van der Waals surface area contributed by atoms with Crippen molar-refractivity contribution in [2.75, 3.05) is 0 Å². The van der Waals surface area contributed by atoms with E-state index in [1.807, 2.05) is 0 Å². The molecule has 0 aromatic heterocycles. The Labute approximate surface area is 86.6 Å². The van der Waals surface area contributed by atoms with Crippen LogP contribution in [-0.2, 0) is 4.79 Å². The number of allylic oxidation sites excluding steroid dienone is 2. The van der Waals surface area contributed by atoms with Gasteiger partial charge >= 0.3 is 0 Å². The summed E-state index contributed by atoms with van der Waals surface area (Å²) in [5.74, 6) is 0.425. The maximum atomic E-state index is 11.5. The van der Waals surface area contributed by atoms with Gasteiger partial charge < -0.3 is 0 Å². The lowest BCUT2D eigenvalue weighted by molar-refractivity contribution is -0.121. The quantitative estimate of drug-likeness (QED) is 0.537. The van der Waals surface area contributed by atoms with E-state index in [1.165, 1.54) is 19.3 Å². The average Bonchev–Trinajstić information content (AvgIpc) is 2.00. The fourth-order valence-electron chi connectivity index (χ4n) is 3.44. The number of carbonyl (C=O) groups is 1. The molecule has 1 nitrogen and oxygen atoms in total. The molecule has 1 fully saturated rings. The predicted molar refractivity (Wildman–Crippen MR) is 58.1 cm³/mol. The summed E-state index contributed by atoms with van der Waals surface area (Å²) in [7, 11) is 0. The number of hydrogen-bond donors (Lipinski definition) is 0. The van der Waals surface area contributed by atoms with Crippen molar-refractivity contribution in [3.05, 3.63) is 11.6 Å². The van der Waals surface area contributed by atoms with Gasteiger partial charge in [0.1, 0.15) is 5.78 Å². The fourth-order valence-corrected chi connectivity index (χ4v) is 3.44. The second kappa shape index (κ2) is 2.95. The molecule has 1 heteroatoms. The molecule has 78 valence electrons. The van der Waals surface area contributed by atoms with E-state index in [0.717, 1.165) is 6.42 Å². The Hall–Kier alpha value is -0.590. The fraction of sp³-hybridized carbons (Fsp3) is 0.769. The smallest absolute Gasteiger partial charge is 0.137 e. The predicted octanol–water partition coefficient (Wildman–Crippen LogP) is 3.49. The van der Waals surface area contributed by atoms with Gasteiger partial charge in [-0.3, -0.25) is 4.79 Å². The van der Waals surface area contributed by atoms with Crippen LogP contribution in [0.25, 0.3) is 0 Å². The van der Waals surface area contributed by atoms with E-state index >= 15 is 0 Å². The summed E-state index contributed by atoms with van der Waals surface area (Å²) in [5, 5.41) is 0. The minimum atomic E-state index is 0.192. The standard InChI is InChI=1S/C13H20O/c1-12(2)7-4-8-13(3)9-10(14)5-6-11(12)13/h6H,4-5,7-9H2,1-3H3. The molecule has 2 aliphatic carbocycles. The normalized spacial score (nSPS) is 36.2. The Morgan fingerprint density at radius 3 is 2.64 bits per heavy atom. The molecule has 0 aliphatic heterocycles. The number of fused-ring (bicyclic) bond motifs is 1. The van der Waals surface area contributed by atoms with Gasteiger partial charge in [-0.2, -0.15) is 0 Å². The van der Waals surface area contributed by atoms with Crippen LogP contribution in [0.5, 0.6) is 0 Å². The van der Waals surface area contributed by atoms with Crippen LogP contribution in [0.15, 0.2) is 11.6 Å². The first kappa shape index (κ1) is 9.95. The Bertz CT molecular complexity index is 298. The highest BCUT2D eigenvalue weighted by Gasteiger charge is 2.43. The molecule has 2 aliphatic rings. The van der Waals surface area contributed by atoms with E-state index < -0.39 is 0 Å². The lowest BCUT2D eigenvalue weighted by Crippen LogP contribution is -2.38. The van der Waals surface area contributed by atoms with Crippen LogP contribution in [0.4, 0.5) is 0 Å². The van der Waals surface area contributed by atoms with E-state index in [0.29, 0.717) is 17.6 Å². The number of ketones is 1. The molecule has 1 atom stereocenters. The van der Waals surface area contributed by atoms with Gasteiger partial charge in [-0.25, -0.2) is 0 Å². The van der Waals surface area contributed by atoms with Gasteiger partial charge in [-0.1, -0.05) is 38.8 Å². The van der Waals surface area contributed by atoms with E-state index in [2.05, 4.69) is 26.8 Å². The van der Waals surface area contributed by atoms with E-state index in [4.69, 9.17) is 0 Å². The molecule has 14 heavy (non-hydrogen) atoms. The highest BCUT2D eigenvalue weighted by atomic mass is 16.1. The van der Waals surface area contributed by atoms with Gasteiger partial charge in [-0.05, 0) is 23.7 Å². The lowest BCUT2D eigenvalue weighted by Gasteiger charge is -2.47. The largest absolute Gasteiger partial charge is 0.299 e. The molecule has 0 radical (unpaired) electrons. The van der Waals surface area contributed by atoms with Crippen molar-refractivity contribution in [3.63, 3.8) is 0 Å². The average molecular weight is 192 g/mol. The lowest BCUT2D eigenvalue weighted by atomic mass is 9.57. The van der Waals surface area contributed by atoms with Gasteiger partial charge in [0, 0.05) is 12.8 Å². The maximum absolute atomic E-state index is 11.5. The SMILES string of the molecule is CC1(C)CCCC2(C)CC(=O)CC=C12. The number of carbonyl (C=O) groups excluding carboxylic acids is 1. The summed E-state index contributed by atoms with van der Waals surface area (Å²) in [6.07, 6.45) is 7.42. The first-order valence-corrected chi connectivity index (χ1v) is 5.67. The Kier molecular flexibility index (Phi) is 2.09. The zero-order valence-electron chi connectivity index (χ0n) is 9.52. The highest BCUT2D eigenvalue weighted by molar-refractivity contribution is 5.82. The van der Waals surface area contributed by atoms with Crippen molar-refractivity contribution in [3.8, 4) is 0 Å². The summed E-state index contributed by atoms with van der Waals surface area (Å²) in [4.78, 5) is 11.5. The summed E-state index contributed by atoms with van der Waals surface area (Å²) in [5.41, 5.74) is 2.07. The monoisotopic (exact) mass is 192 g/mol. The molecule has 0 bridgehead atoms. The van der Waals surface area contributed by atoms with Crippen LogP contribution < -0.4 is 0 Å². The second-order valence-corrected chi connectivity index (χ2v) is 5.84. The van der Waals surface area contributed by atoms with Crippen molar-refractivity contribution < 1.29 is 4.79 Å². The summed E-state index contributed by atoms with van der Waals surface area (Å²) in [6.45, 7) is 6.93. The molecule has 1 saturated carbocycles. The minimum Gasteiger partial charge on any atom is -0.299 e. The third-order valence-electron chi connectivity index (χ3n) is 4.03. The van der Waals surface area contributed by atoms with Crippen LogP contribution in [0.2, 0.25) is 0 Å². The Morgan fingerprint density at radius 2 is 1.93 bits per heavy atom. The zero-order valence-corrected chi connectivity index (χ0v) is 9.52. The van der Waals surface area contributed by atoms with Gasteiger partial charge in [0.15, 0.2) is 0 Å². The molecule has 1 unspecified atom stereocenters. The maximum Gasteiger partial charge on any atom is 0.137 e. The van der Waals surface area contributed by atoms with E-state index in [-0.39, 0.29) is 5.41 Å². The zero-order chi connectivity index (χ0) is 10.4. The van der Waals surface area contributed by atoms with Gasteiger partial charge in [0.2, 0.25) is 0 Å². The number of rotatable bonds is 0. The van der Waals surface area contributed by atoms with Gasteiger partial charge in [-0.15, -0.1) is 0 Å². The van der Waals surface area contributed by atoms with Crippen molar-refractivity contribution in [2.24, 2.45) is 10.8 Å². The van der Waals surface area contributed by atoms with Crippen LogP contribution >= 0.6 is 0 Å². The third-order valence-corrected chi connectivity index (χ3v) is 4.03. The van der Waals surface area contributed by atoms with Crippen LogP contribution in [-0.4, -0.2) is 5.78 Å². The number of Topliss-reactive ketones (excluding diaryl/α,β-unsaturated/α-hetero) is 1. The molecule has 0 saturated heterocycles. The van der Waals surface area contributed by atoms with Gasteiger partial charge in [0.25, 0.3) is 0 Å².